The molecule has 0 amide bonds. The van der Waals surface area contributed by atoms with Crippen LogP contribution in [0.2, 0.25) is 0 Å². The average molecular weight is 981 g/mol. The zero-order valence-corrected chi connectivity index (χ0v) is 44.5. The van der Waals surface area contributed by atoms with Crippen molar-refractivity contribution in [2.24, 2.45) is 0 Å². The van der Waals surface area contributed by atoms with Crippen LogP contribution in [0, 0.1) is 0 Å². The lowest BCUT2D eigenvalue weighted by atomic mass is 9.60. The predicted octanol–water partition coefficient (Wildman–Crippen LogP) is 15.5. The standard InChI is InChI=1S/C64H88N2O6/c1-5-9-13-17-21-25-41-65(42-26-22-18-14-10-6-2)61-45-33-29-37-49(67)53(45)57(54-46(61)34-30-38-50(54)68)59-63(71)60(64(59)72)58-55-47(35-31-39-51(55)69)62(48-36-32-40-52(70)56(48)58)66(43-27-23-19-15-11-7-3)44-28-24-20-16-12-8-4/h29-40,59-60,63-64,67-70H,5-28,41-44H2,1-4H3/q-2. The number of hydrogen-bond donors (Lipinski definition) is 4. The summed E-state index contributed by atoms with van der Waals surface area (Å²) in [6.07, 6.45) is 24.7. The van der Waals surface area contributed by atoms with Gasteiger partial charge in [0.15, 0.2) is 0 Å². The zero-order valence-electron chi connectivity index (χ0n) is 44.5. The molecule has 0 heterocycles. The number of phenols is 4. The Morgan fingerprint density at radius 2 is 0.556 bits per heavy atom. The van der Waals surface area contributed by atoms with E-state index in [4.69, 9.17) is 0 Å². The molecule has 0 aromatic heterocycles. The number of aromatic hydroxyl groups is 4. The number of hydrogen-bond acceptors (Lipinski definition) is 8. The first-order valence-electron chi connectivity index (χ1n) is 28.8. The molecule has 4 N–H and O–H groups in total. The molecule has 1 fully saturated rings. The van der Waals surface area contributed by atoms with E-state index in [0.29, 0.717) is 32.7 Å². The second-order valence-electron chi connectivity index (χ2n) is 21.3. The van der Waals surface area contributed by atoms with E-state index in [1.165, 1.54) is 103 Å². The van der Waals surface area contributed by atoms with Crippen LogP contribution in [0.25, 0.3) is 43.1 Å². The van der Waals surface area contributed by atoms with Gasteiger partial charge in [0.05, 0.1) is 11.4 Å². The van der Waals surface area contributed by atoms with Gasteiger partial charge in [0.2, 0.25) is 0 Å². The van der Waals surface area contributed by atoms with Crippen LogP contribution in [-0.4, -0.2) is 58.8 Å². The molecule has 0 saturated heterocycles. The van der Waals surface area contributed by atoms with Gasteiger partial charge in [-0.05, 0) is 72.9 Å². The van der Waals surface area contributed by atoms with E-state index in [1.54, 1.807) is 24.3 Å². The van der Waals surface area contributed by atoms with Crippen LogP contribution in [0.5, 0.6) is 23.0 Å². The molecular weight excluding hydrogens is 893 g/mol. The Morgan fingerprint density at radius 3 is 0.792 bits per heavy atom. The fourth-order valence-corrected chi connectivity index (χ4v) is 12.3. The van der Waals surface area contributed by atoms with Crippen LogP contribution < -0.4 is 20.0 Å². The first kappa shape index (κ1) is 54.8. The van der Waals surface area contributed by atoms with Gasteiger partial charge in [-0.1, -0.05) is 205 Å². The van der Waals surface area contributed by atoms with Gasteiger partial charge in [-0.25, -0.2) is 0 Å². The van der Waals surface area contributed by atoms with Crippen LogP contribution in [-0.2, 0) is 0 Å². The van der Waals surface area contributed by atoms with Crippen LogP contribution in [0.4, 0.5) is 11.4 Å². The molecule has 0 aliphatic heterocycles. The Bertz CT molecular complexity index is 2300. The van der Waals surface area contributed by atoms with Gasteiger partial charge in [0.25, 0.3) is 0 Å². The van der Waals surface area contributed by atoms with Crippen molar-refractivity contribution in [2.75, 3.05) is 36.0 Å². The average Bonchev–Trinajstić information content (AvgIpc) is 3.37. The highest BCUT2D eigenvalue weighted by Crippen LogP contribution is 2.58. The maximum absolute atomic E-state index is 15.6. The molecule has 72 heavy (non-hydrogen) atoms. The summed E-state index contributed by atoms with van der Waals surface area (Å²) in [5.74, 6) is -2.38. The van der Waals surface area contributed by atoms with Crippen molar-refractivity contribution in [3.8, 4) is 23.0 Å². The van der Waals surface area contributed by atoms with Crippen molar-refractivity contribution in [3.63, 3.8) is 0 Å². The molecule has 392 valence electrons. The summed E-state index contributed by atoms with van der Waals surface area (Å²) in [5, 5.41) is 84.1. The summed E-state index contributed by atoms with van der Waals surface area (Å²) in [6.45, 7) is 12.2. The van der Waals surface area contributed by atoms with Gasteiger partial charge < -0.3 is 40.4 Å². The van der Waals surface area contributed by atoms with E-state index in [0.717, 1.165) is 110 Å². The van der Waals surface area contributed by atoms with Gasteiger partial charge >= 0.3 is 0 Å². The monoisotopic (exact) mass is 981 g/mol. The summed E-state index contributed by atoms with van der Waals surface area (Å²) < 4.78 is 0. The highest BCUT2D eigenvalue weighted by Gasteiger charge is 2.44. The molecule has 0 unspecified atom stereocenters. The molecular formula is C64H88N2O6-2. The third kappa shape index (κ3) is 12.4. The molecule has 0 radical (unpaired) electrons. The summed E-state index contributed by atoms with van der Waals surface area (Å²) in [6, 6.07) is 21.9. The Kier molecular flexibility index (Phi) is 20.9. The van der Waals surface area contributed by atoms with Crippen LogP contribution >= 0.6 is 0 Å². The quantitative estimate of drug-likeness (QED) is 0.0243. The third-order valence-corrected chi connectivity index (χ3v) is 16.1. The molecule has 7 rings (SSSR count). The van der Waals surface area contributed by atoms with E-state index in [2.05, 4.69) is 37.5 Å². The maximum Gasteiger partial charge on any atom is 0.123 e. The van der Waals surface area contributed by atoms with Crippen LogP contribution in [0.15, 0.2) is 72.8 Å². The fraction of sp³-hybridized carbons (Fsp3) is 0.562. The smallest absolute Gasteiger partial charge is 0.123 e. The molecule has 0 atom stereocenters. The highest BCUT2D eigenvalue weighted by molar-refractivity contribution is 6.19. The summed E-state index contributed by atoms with van der Waals surface area (Å²) in [5.41, 5.74) is 2.62. The molecule has 6 aromatic carbocycles. The van der Waals surface area contributed by atoms with Gasteiger partial charge in [-0.3, -0.25) is 0 Å². The SMILES string of the molecule is CCCCCCCCN(CCCCCCCC)c1c2cccc(O)c2c(C2C([O-])C(c3c4c(O)cccc4c(N(CCCCCCCC)CCCCCCCC)c4cccc(O)c34)C2[O-])c2c(O)cccc12. The molecule has 1 aliphatic carbocycles. The first-order valence-corrected chi connectivity index (χ1v) is 28.8. The topological polar surface area (TPSA) is 134 Å². The first-order chi connectivity index (χ1) is 35.2. The van der Waals surface area contributed by atoms with Gasteiger partial charge in [-0.15, -0.1) is 12.2 Å². The Morgan fingerprint density at radius 1 is 0.333 bits per heavy atom. The Balaban J connectivity index is 1.33. The van der Waals surface area contributed by atoms with Crippen molar-refractivity contribution in [2.45, 2.75) is 206 Å². The van der Waals surface area contributed by atoms with Crippen molar-refractivity contribution in [3.05, 3.63) is 83.9 Å². The molecule has 0 spiro atoms. The number of unbranched alkanes of at least 4 members (excludes halogenated alkanes) is 20. The molecule has 8 heteroatoms. The summed E-state index contributed by atoms with van der Waals surface area (Å²) in [7, 11) is 0. The van der Waals surface area contributed by atoms with E-state index in [1.807, 2.05) is 48.5 Å². The normalized spacial score (nSPS) is 16.9. The molecule has 0 bridgehead atoms. The van der Waals surface area contributed by atoms with Crippen molar-refractivity contribution in [1.29, 1.82) is 0 Å². The third-order valence-electron chi connectivity index (χ3n) is 16.1. The minimum absolute atomic E-state index is 0.0257. The summed E-state index contributed by atoms with van der Waals surface area (Å²) in [4.78, 5) is 4.88. The van der Waals surface area contributed by atoms with Gasteiger partial charge in [0.1, 0.15) is 23.0 Å². The van der Waals surface area contributed by atoms with Crippen molar-refractivity contribution in [1.82, 2.24) is 0 Å². The largest absolute Gasteiger partial charge is 0.851 e. The van der Waals surface area contributed by atoms with Gasteiger partial charge in [-0.2, -0.15) is 0 Å². The minimum atomic E-state index is -1.52. The fourth-order valence-electron chi connectivity index (χ4n) is 12.3. The maximum atomic E-state index is 15.6. The number of anilines is 2. The van der Waals surface area contributed by atoms with Crippen LogP contribution in [0.3, 0.4) is 0 Å². The second kappa shape index (κ2) is 27.4. The molecule has 6 aromatic rings. The lowest BCUT2D eigenvalue weighted by Gasteiger charge is -2.62. The zero-order chi connectivity index (χ0) is 51.0. The molecule has 8 nitrogen and oxygen atoms in total. The number of benzene rings is 6. The second-order valence-corrected chi connectivity index (χ2v) is 21.3. The van der Waals surface area contributed by atoms with E-state index in [9.17, 15) is 20.4 Å². The Hall–Kier alpha value is -4.92. The molecule has 1 aliphatic rings. The number of fused-ring (bicyclic) bond motifs is 4. The van der Waals surface area contributed by atoms with Gasteiger partial charge in [0, 0.05) is 69.3 Å². The van der Waals surface area contributed by atoms with Crippen molar-refractivity contribution < 1.29 is 30.6 Å². The minimum Gasteiger partial charge on any atom is -0.851 e. The predicted molar refractivity (Wildman–Crippen MR) is 301 cm³/mol. The highest BCUT2D eigenvalue weighted by atomic mass is 16.3. The lowest BCUT2D eigenvalue weighted by Crippen LogP contribution is -2.63. The lowest BCUT2D eigenvalue weighted by molar-refractivity contribution is -0.535. The number of phenolic OH excluding ortho intramolecular Hbond substituents is 4. The molecule has 1 saturated carbocycles. The number of nitrogens with zero attached hydrogens (tertiary/aromatic N) is 2. The van der Waals surface area contributed by atoms with Crippen LogP contribution in [0.1, 0.15) is 205 Å². The van der Waals surface area contributed by atoms with Crippen molar-refractivity contribution >= 4 is 54.5 Å². The summed E-state index contributed by atoms with van der Waals surface area (Å²) >= 11 is 0. The Labute approximate surface area is 432 Å². The van der Waals surface area contributed by atoms with E-state index < -0.39 is 24.0 Å². The van der Waals surface area contributed by atoms with E-state index in [-0.39, 0.29) is 23.0 Å². The van der Waals surface area contributed by atoms with E-state index >= 15 is 10.2 Å². The number of rotatable bonds is 32.